The van der Waals surface area contributed by atoms with Gasteiger partial charge in [0.1, 0.15) is 12.4 Å². The number of aromatic amines is 1. The number of nitrogens with one attached hydrogen (secondary N) is 1. The van der Waals surface area contributed by atoms with E-state index in [1.807, 2.05) is 12.4 Å². The monoisotopic (exact) mass is 237 g/mol. The largest absolute Gasteiger partial charge is 0.478 e. The molecule has 1 aromatic heterocycles. The lowest BCUT2D eigenvalue weighted by Crippen LogP contribution is -2.36. The number of carboxylic acid groups (broad SMARTS) is 1. The lowest BCUT2D eigenvalue weighted by atomic mass is 10.1. The maximum absolute atomic E-state index is 10.6. The average Bonchev–Trinajstić information content (AvgIpc) is 2.73. The highest BCUT2D eigenvalue weighted by Crippen LogP contribution is 2.03. The van der Waals surface area contributed by atoms with E-state index >= 15 is 0 Å². The fourth-order valence-electron chi connectivity index (χ4n) is 1.74. The molecular weight excluding hydrogens is 216 g/mol. The van der Waals surface area contributed by atoms with Gasteiger partial charge in [-0.1, -0.05) is 19.9 Å². The first kappa shape index (κ1) is 13.5. The van der Waals surface area contributed by atoms with Gasteiger partial charge in [-0.25, -0.2) is 14.3 Å². The molecule has 0 bridgehead atoms. The lowest BCUT2D eigenvalue weighted by molar-refractivity contribution is -0.703. The molecule has 17 heavy (non-hydrogen) atoms. The zero-order chi connectivity index (χ0) is 12.7. The Morgan fingerprint density at radius 2 is 2.29 bits per heavy atom. The minimum atomic E-state index is -0.893. The Balaban J connectivity index is 2.38. The molecule has 1 rings (SSSR count). The normalized spacial score (nSPS) is 10.4. The molecule has 0 amide bonds. The number of imidazole rings is 1. The van der Waals surface area contributed by atoms with E-state index in [4.69, 9.17) is 5.11 Å². The molecule has 0 spiro atoms. The number of H-pyrrole nitrogens is 1. The Morgan fingerprint density at radius 1 is 1.53 bits per heavy atom. The number of carboxylic acids is 1. The predicted octanol–water partition coefficient (Wildman–Crippen LogP) is 2.07. The van der Waals surface area contributed by atoms with E-state index in [-0.39, 0.29) is 5.57 Å². The van der Waals surface area contributed by atoms with Crippen LogP contribution < -0.4 is 4.57 Å². The van der Waals surface area contributed by atoms with Gasteiger partial charge >= 0.3 is 5.97 Å². The fourth-order valence-corrected chi connectivity index (χ4v) is 1.74. The number of aryl methyl sites for hydroxylation is 2. The summed E-state index contributed by atoms with van der Waals surface area (Å²) in [5.41, 5.74) is 0.288. The first-order valence-corrected chi connectivity index (χ1v) is 6.12. The number of rotatable bonds is 8. The average molecular weight is 237 g/mol. The van der Waals surface area contributed by atoms with Crippen LogP contribution in [0.15, 0.2) is 24.5 Å². The molecule has 0 aliphatic heterocycles. The van der Waals surface area contributed by atoms with Crippen molar-refractivity contribution in [1.29, 1.82) is 0 Å². The molecule has 1 aromatic rings. The molecular formula is C13H21N2O2+. The van der Waals surface area contributed by atoms with Crippen LogP contribution in [0.3, 0.4) is 0 Å². The predicted molar refractivity (Wildman–Crippen MR) is 65.6 cm³/mol. The highest BCUT2D eigenvalue weighted by molar-refractivity contribution is 5.85. The molecule has 0 aliphatic carbocycles. The molecule has 0 fully saturated rings. The van der Waals surface area contributed by atoms with Gasteiger partial charge in [0.15, 0.2) is 0 Å². The number of hydrogen-bond donors (Lipinski definition) is 2. The van der Waals surface area contributed by atoms with Crippen LogP contribution in [0.2, 0.25) is 0 Å². The Bertz CT molecular complexity index is 383. The van der Waals surface area contributed by atoms with Gasteiger partial charge in [-0.2, -0.15) is 0 Å². The summed E-state index contributed by atoms with van der Waals surface area (Å²) in [7, 11) is 0. The number of aliphatic carboxylic acids is 1. The number of unbranched alkanes of at least 4 members (excludes halogenated alkanes) is 1. The second-order valence-electron chi connectivity index (χ2n) is 4.22. The van der Waals surface area contributed by atoms with Crippen molar-refractivity contribution in [1.82, 2.24) is 4.98 Å². The second-order valence-corrected chi connectivity index (χ2v) is 4.22. The van der Waals surface area contributed by atoms with Crippen LogP contribution in [0.4, 0.5) is 0 Å². The Labute approximate surface area is 102 Å². The van der Waals surface area contributed by atoms with Crippen molar-refractivity contribution in [2.45, 2.75) is 45.6 Å². The lowest BCUT2D eigenvalue weighted by Gasteiger charge is -2.01. The van der Waals surface area contributed by atoms with E-state index in [1.54, 1.807) is 0 Å². The Morgan fingerprint density at radius 3 is 2.94 bits per heavy atom. The third kappa shape index (κ3) is 4.43. The molecule has 2 N–H and O–H groups in total. The molecule has 0 aliphatic rings. The molecule has 94 valence electrons. The van der Waals surface area contributed by atoms with Gasteiger partial charge < -0.3 is 5.11 Å². The molecule has 0 unspecified atom stereocenters. The van der Waals surface area contributed by atoms with Crippen LogP contribution in [0.25, 0.3) is 0 Å². The molecule has 0 atom stereocenters. The van der Waals surface area contributed by atoms with Crippen molar-refractivity contribution in [3.8, 4) is 0 Å². The summed E-state index contributed by atoms with van der Waals surface area (Å²) in [6.07, 6.45) is 8.68. The summed E-state index contributed by atoms with van der Waals surface area (Å²) >= 11 is 0. The first-order chi connectivity index (χ1) is 8.15. The standard InChI is InChI=1S/C13H20N2O2/c1-3-4-7-12-14-8-10-15(12)9-5-6-11(2)13(16)17/h8,10H,2-7,9H2,1H3,(H,16,17)/p+1. The van der Waals surface area contributed by atoms with E-state index in [9.17, 15) is 4.79 Å². The van der Waals surface area contributed by atoms with Gasteiger partial charge in [0.25, 0.3) is 5.82 Å². The van der Waals surface area contributed by atoms with Crippen LogP contribution in [-0.2, 0) is 17.8 Å². The first-order valence-electron chi connectivity index (χ1n) is 6.12. The maximum atomic E-state index is 10.6. The van der Waals surface area contributed by atoms with Crippen LogP contribution in [0, 0.1) is 0 Å². The molecule has 1 heterocycles. The highest BCUT2D eigenvalue weighted by atomic mass is 16.4. The van der Waals surface area contributed by atoms with Crippen molar-refractivity contribution in [3.63, 3.8) is 0 Å². The van der Waals surface area contributed by atoms with E-state index in [2.05, 4.69) is 23.1 Å². The van der Waals surface area contributed by atoms with E-state index in [0.29, 0.717) is 6.42 Å². The molecule has 4 nitrogen and oxygen atoms in total. The van der Waals surface area contributed by atoms with Gasteiger partial charge in [-0.15, -0.1) is 0 Å². The van der Waals surface area contributed by atoms with Crippen molar-refractivity contribution >= 4 is 5.97 Å². The van der Waals surface area contributed by atoms with Crippen molar-refractivity contribution in [2.24, 2.45) is 0 Å². The SMILES string of the molecule is C=C(CCC[n+]1cc[nH]c1CCCC)C(=O)O. The van der Waals surface area contributed by atoms with Crippen LogP contribution in [-0.4, -0.2) is 16.1 Å². The maximum Gasteiger partial charge on any atom is 0.330 e. The van der Waals surface area contributed by atoms with E-state index in [1.165, 1.54) is 18.7 Å². The zero-order valence-electron chi connectivity index (χ0n) is 10.4. The number of aromatic nitrogens is 2. The quantitative estimate of drug-likeness (QED) is 0.537. The fraction of sp³-hybridized carbons (Fsp3) is 0.538. The Hall–Kier alpha value is -1.58. The van der Waals surface area contributed by atoms with Crippen molar-refractivity contribution in [3.05, 3.63) is 30.4 Å². The summed E-state index contributed by atoms with van der Waals surface area (Å²) in [5, 5.41) is 8.70. The molecule has 4 heteroatoms. The van der Waals surface area contributed by atoms with Crippen molar-refractivity contribution in [2.75, 3.05) is 0 Å². The molecule has 0 aromatic carbocycles. The third-order valence-corrected chi connectivity index (χ3v) is 2.80. The molecule has 0 radical (unpaired) electrons. The van der Waals surface area contributed by atoms with E-state index < -0.39 is 5.97 Å². The zero-order valence-corrected chi connectivity index (χ0v) is 10.4. The minimum Gasteiger partial charge on any atom is -0.478 e. The van der Waals surface area contributed by atoms with Crippen LogP contribution in [0.5, 0.6) is 0 Å². The summed E-state index contributed by atoms with van der Waals surface area (Å²) < 4.78 is 2.16. The summed E-state index contributed by atoms with van der Waals surface area (Å²) in [5.74, 6) is 0.322. The van der Waals surface area contributed by atoms with E-state index in [0.717, 1.165) is 19.4 Å². The van der Waals surface area contributed by atoms with Gasteiger partial charge in [0.05, 0.1) is 6.54 Å². The highest BCUT2D eigenvalue weighted by Gasteiger charge is 2.10. The van der Waals surface area contributed by atoms with Crippen molar-refractivity contribution < 1.29 is 14.5 Å². The third-order valence-electron chi connectivity index (χ3n) is 2.80. The number of hydrogen-bond acceptors (Lipinski definition) is 1. The number of nitrogens with zero attached hydrogens (tertiary/aromatic N) is 1. The number of carbonyl (C=O) groups is 1. The van der Waals surface area contributed by atoms with Gasteiger partial charge in [-0.3, -0.25) is 0 Å². The summed E-state index contributed by atoms with van der Waals surface area (Å²) in [6.45, 7) is 6.54. The molecule has 0 saturated carbocycles. The van der Waals surface area contributed by atoms with Gasteiger partial charge in [-0.05, 0) is 19.3 Å². The minimum absolute atomic E-state index is 0.288. The summed E-state index contributed by atoms with van der Waals surface area (Å²) in [4.78, 5) is 13.8. The van der Waals surface area contributed by atoms with Crippen LogP contribution in [0.1, 0.15) is 38.4 Å². The molecule has 0 saturated heterocycles. The van der Waals surface area contributed by atoms with Crippen LogP contribution >= 0.6 is 0 Å². The van der Waals surface area contributed by atoms with Gasteiger partial charge in [0.2, 0.25) is 0 Å². The Kier molecular flexibility index (Phi) is 5.46. The topological polar surface area (TPSA) is 57.0 Å². The smallest absolute Gasteiger partial charge is 0.330 e. The second kappa shape index (κ2) is 6.89. The summed E-state index contributed by atoms with van der Waals surface area (Å²) in [6, 6.07) is 0. The van der Waals surface area contributed by atoms with Gasteiger partial charge in [0, 0.05) is 12.0 Å².